The summed E-state index contributed by atoms with van der Waals surface area (Å²) in [5.41, 5.74) is 0.715. The molecule has 0 amide bonds. The normalized spacial score (nSPS) is 12.9. The highest BCUT2D eigenvalue weighted by molar-refractivity contribution is 9.10. The van der Waals surface area contributed by atoms with Crippen molar-refractivity contribution in [3.8, 4) is 11.8 Å². The van der Waals surface area contributed by atoms with E-state index in [9.17, 15) is 13.2 Å². The van der Waals surface area contributed by atoms with E-state index in [4.69, 9.17) is 10.00 Å². The summed E-state index contributed by atoms with van der Waals surface area (Å²) in [6.45, 7) is 1.02. The van der Waals surface area contributed by atoms with Crippen LogP contribution in [0.5, 0.6) is 5.75 Å². The Hall–Kier alpha value is -1.22. The molecule has 0 radical (unpaired) electrons. The molecule has 1 aromatic rings. The minimum absolute atomic E-state index is 0.337. The monoisotopic (exact) mass is 307 g/mol. The zero-order valence-electron chi connectivity index (χ0n) is 8.88. The maximum Gasteiger partial charge on any atom is 0.407 e. The van der Waals surface area contributed by atoms with E-state index >= 15 is 0 Å². The van der Waals surface area contributed by atoms with Gasteiger partial charge in [0.2, 0.25) is 0 Å². The van der Waals surface area contributed by atoms with Gasteiger partial charge in [-0.15, -0.1) is 0 Å². The molecule has 6 heteroatoms. The lowest BCUT2D eigenvalue weighted by Gasteiger charge is -2.15. The fraction of sp³-hybridized carbons (Fsp3) is 0.364. The van der Waals surface area contributed by atoms with Crippen LogP contribution >= 0.6 is 15.9 Å². The molecule has 1 rings (SSSR count). The van der Waals surface area contributed by atoms with E-state index in [0.717, 1.165) is 0 Å². The highest BCUT2D eigenvalue weighted by Gasteiger charge is 2.40. The summed E-state index contributed by atoms with van der Waals surface area (Å²) in [6.07, 6.45) is -4.56. The first-order valence-corrected chi connectivity index (χ1v) is 5.49. The summed E-state index contributed by atoms with van der Waals surface area (Å²) in [5, 5.41) is 8.40. The Balaban J connectivity index is 2.73. The number of rotatable bonds is 3. The first-order chi connectivity index (χ1) is 7.84. The lowest BCUT2D eigenvalue weighted by atomic mass is 10.2. The molecule has 1 atom stereocenters. The maximum atomic E-state index is 12.3. The number of hydrogen-bond donors (Lipinski definition) is 0. The van der Waals surface area contributed by atoms with E-state index in [0.29, 0.717) is 15.8 Å². The van der Waals surface area contributed by atoms with Crippen molar-refractivity contribution < 1.29 is 17.9 Å². The van der Waals surface area contributed by atoms with Crippen LogP contribution in [0.3, 0.4) is 0 Å². The molecule has 1 aromatic carbocycles. The molecule has 0 N–H and O–H groups in total. The zero-order chi connectivity index (χ0) is 13.1. The minimum Gasteiger partial charge on any atom is -0.492 e. The van der Waals surface area contributed by atoms with E-state index in [1.165, 1.54) is 6.07 Å². The Morgan fingerprint density at radius 1 is 1.47 bits per heavy atom. The van der Waals surface area contributed by atoms with Gasteiger partial charge in [-0.1, -0.05) is 22.0 Å². The predicted molar refractivity (Wildman–Crippen MR) is 59.5 cm³/mol. The molecule has 2 nitrogen and oxygen atoms in total. The fourth-order valence-electron chi connectivity index (χ4n) is 1.11. The van der Waals surface area contributed by atoms with Gasteiger partial charge >= 0.3 is 6.18 Å². The highest BCUT2D eigenvalue weighted by Crippen LogP contribution is 2.28. The van der Waals surface area contributed by atoms with Crippen molar-refractivity contribution in [1.82, 2.24) is 0 Å². The Labute approximate surface area is 105 Å². The lowest BCUT2D eigenvalue weighted by molar-refractivity contribution is -0.165. The van der Waals surface area contributed by atoms with Crippen molar-refractivity contribution in [1.29, 1.82) is 5.26 Å². The van der Waals surface area contributed by atoms with Gasteiger partial charge in [-0.05, 0) is 24.6 Å². The first-order valence-electron chi connectivity index (χ1n) is 4.70. The first kappa shape index (κ1) is 13.8. The van der Waals surface area contributed by atoms with Gasteiger partial charge in [0.05, 0.1) is 6.07 Å². The van der Waals surface area contributed by atoms with Crippen LogP contribution in [0.25, 0.3) is 0 Å². The Morgan fingerprint density at radius 3 is 2.65 bits per heavy atom. The van der Waals surface area contributed by atoms with Crippen molar-refractivity contribution in [2.45, 2.75) is 13.1 Å². The number of aryl methyl sites for hydroxylation is 1. The van der Waals surface area contributed by atoms with Crippen LogP contribution in [-0.4, -0.2) is 12.8 Å². The molecule has 0 fully saturated rings. The van der Waals surface area contributed by atoms with Gasteiger partial charge in [-0.2, -0.15) is 18.4 Å². The standard InChI is InChI=1S/C11H9BrF3NO/c1-7-2-3-9(12)4-10(7)17-6-8(5-16)11(13,14)15/h2-4,8H,6H2,1H3. The Kier molecular flexibility index (Phi) is 4.40. The minimum atomic E-state index is -4.56. The summed E-state index contributed by atoms with van der Waals surface area (Å²) in [6, 6.07) is 6.23. The van der Waals surface area contributed by atoms with E-state index in [-0.39, 0.29) is 0 Å². The average molecular weight is 308 g/mol. The largest absolute Gasteiger partial charge is 0.492 e. The molecular formula is C11H9BrF3NO. The molecule has 17 heavy (non-hydrogen) atoms. The smallest absolute Gasteiger partial charge is 0.407 e. The molecule has 1 unspecified atom stereocenters. The molecule has 0 spiro atoms. The van der Waals surface area contributed by atoms with Crippen LogP contribution < -0.4 is 4.74 Å². The van der Waals surface area contributed by atoms with E-state index in [1.54, 1.807) is 25.1 Å². The third-order valence-electron chi connectivity index (χ3n) is 2.11. The van der Waals surface area contributed by atoms with E-state index in [1.807, 2.05) is 0 Å². The lowest BCUT2D eigenvalue weighted by Crippen LogP contribution is -2.27. The molecule has 0 aliphatic heterocycles. The molecule has 0 aliphatic carbocycles. The summed E-state index contributed by atoms with van der Waals surface area (Å²) < 4.78 is 42.6. The second-order valence-electron chi connectivity index (χ2n) is 3.44. The number of ether oxygens (including phenoxy) is 1. The van der Waals surface area contributed by atoms with Crippen molar-refractivity contribution in [3.63, 3.8) is 0 Å². The number of halogens is 4. The molecule has 0 saturated heterocycles. The molecule has 0 aromatic heterocycles. The summed E-state index contributed by atoms with van der Waals surface area (Å²) in [5.74, 6) is -1.77. The SMILES string of the molecule is Cc1ccc(Br)cc1OCC(C#N)C(F)(F)F. The van der Waals surface area contributed by atoms with Gasteiger partial charge in [0.15, 0.2) is 5.92 Å². The summed E-state index contributed by atoms with van der Waals surface area (Å²) in [4.78, 5) is 0. The average Bonchev–Trinajstić information content (AvgIpc) is 2.22. The van der Waals surface area contributed by atoms with E-state index in [2.05, 4.69) is 15.9 Å². The van der Waals surface area contributed by atoms with Crippen LogP contribution in [-0.2, 0) is 0 Å². The second kappa shape index (κ2) is 5.41. The van der Waals surface area contributed by atoms with Gasteiger partial charge in [-0.25, -0.2) is 0 Å². The number of nitriles is 1. The predicted octanol–water partition coefficient (Wildman–Crippen LogP) is 3.84. The van der Waals surface area contributed by atoms with Gasteiger partial charge in [0.1, 0.15) is 12.4 Å². The second-order valence-corrected chi connectivity index (χ2v) is 4.36. The van der Waals surface area contributed by atoms with Crippen LogP contribution in [0.2, 0.25) is 0 Å². The van der Waals surface area contributed by atoms with E-state index < -0.39 is 18.7 Å². The fourth-order valence-corrected chi connectivity index (χ4v) is 1.45. The Morgan fingerprint density at radius 2 is 2.12 bits per heavy atom. The molecular weight excluding hydrogens is 299 g/mol. The van der Waals surface area contributed by atoms with Crippen molar-refractivity contribution in [2.75, 3.05) is 6.61 Å². The Bertz CT molecular complexity index is 439. The van der Waals surface area contributed by atoms with Crippen LogP contribution in [0.4, 0.5) is 13.2 Å². The number of hydrogen-bond acceptors (Lipinski definition) is 2. The molecule has 0 saturated carbocycles. The molecule has 0 aliphatic rings. The topological polar surface area (TPSA) is 33.0 Å². The summed E-state index contributed by atoms with van der Waals surface area (Å²) in [7, 11) is 0. The van der Waals surface area contributed by atoms with Gasteiger partial charge in [-0.3, -0.25) is 0 Å². The summed E-state index contributed by atoms with van der Waals surface area (Å²) >= 11 is 3.19. The van der Waals surface area contributed by atoms with Gasteiger partial charge in [0.25, 0.3) is 0 Å². The number of benzene rings is 1. The van der Waals surface area contributed by atoms with Crippen molar-refractivity contribution in [3.05, 3.63) is 28.2 Å². The van der Waals surface area contributed by atoms with Crippen molar-refractivity contribution in [2.24, 2.45) is 5.92 Å². The van der Waals surface area contributed by atoms with Crippen LogP contribution in [0.15, 0.2) is 22.7 Å². The van der Waals surface area contributed by atoms with Crippen LogP contribution in [0, 0.1) is 24.2 Å². The highest BCUT2D eigenvalue weighted by atomic mass is 79.9. The number of alkyl halides is 3. The zero-order valence-corrected chi connectivity index (χ0v) is 10.5. The quantitative estimate of drug-likeness (QED) is 0.850. The molecule has 92 valence electrons. The number of nitrogens with zero attached hydrogens (tertiary/aromatic N) is 1. The molecule has 0 bridgehead atoms. The maximum absolute atomic E-state index is 12.3. The van der Waals surface area contributed by atoms with Gasteiger partial charge in [0, 0.05) is 4.47 Å². The third kappa shape index (κ3) is 3.93. The van der Waals surface area contributed by atoms with Crippen molar-refractivity contribution >= 4 is 15.9 Å². The molecule has 0 heterocycles. The third-order valence-corrected chi connectivity index (χ3v) is 2.60. The van der Waals surface area contributed by atoms with Gasteiger partial charge < -0.3 is 4.74 Å². The van der Waals surface area contributed by atoms with Crippen LogP contribution in [0.1, 0.15) is 5.56 Å².